The van der Waals surface area contributed by atoms with Crippen molar-refractivity contribution in [2.75, 3.05) is 5.32 Å². The van der Waals surface area contributed by atoms with Crippen LogP contribution in [0.5, 0.6) is 0 Å². The molecule has 6 nitrogen and oxygen atoms in total. The van der Waals surface area contributed by atoms with Crippen molar-refractivity contribution in [2.45, 2.75) is 25.3 Å². The van der Waals surface area contributed by atoms with Gasteiger partial charge in [-0.25, -0.2) is 9.18 Å². The number of nitrogens with zero attached hydrogens (tertiary/aromatic N) is 1. The molecular weight excluding hydrogens is 439 g/mol. The molecule has 0 aliphatic heterocycles. The summed E-state index contributed by atoms with van der Waals surface area (Å²) in [7, 11) is 0. The number of carbonyl (C=O) groups excluding carboxylic acids is 2. The Morgan fingerprint density at radius 2 is 2.06 bits per heavy atom. The average molecular weight is 463 g/mol. The second kappa shape index (κ2) is 9.79. The third-order valence-electron chi connectivity index (χ3n) is 5.21. The van der Waals surface area contributed by atoms with Gasteiger partial charge >= 0.3 is 6.03 Å². The third kappa shape index (κ3) is 5.53. The smallest absolute Gasteiger partial charge is 0.319 e. The van der Waals surface area contributed by atoms with E-state index in [0.29, 0.717) is 35.2 Å². The number of pyridine rings is 1. The van der Waals surface area contributed by atoms with Gasteiger partial charge in [-0.15, -0.1) is 11.3 Å². The van der Waals surface area contributed by atoms with Crippen LogP contribution in [0.4, 0.5) is 14.9 Å². The fourth-order valence-electron chi connectivity index (χ4n) is 3.25. The minimum Gasteiger partial charge on any atom is -0.398 e. The number of urea groups is 1. The van der Waals surface area contributed by atoms with Crippen LogP contribution in [0.15, 0.2) is 66.9 Å². The first-order chi connectivity index (χ1) is 16.0. The molecule has 0 spiro atoms. The summed E-state index contributed by atoms with van der Waals surface area (Å²) in [6.07, 6.45) is 9.44. The summed E-state index contributed by atoms with van der Waals surface area (Å²) in [5, 5.41) is 5.48. The largest absolute Gasteiger partial charge is 0.398 e. The van der Waals surface area contributed by atoms with Crippen molar-refractivity contribution in [1.29, 1.82) is 0 Å². The molecule has 4 N–H and O–H groups in total. The van der Waals surface area contributed by atoms with E-state index >= 15 is 0 Å². The number of halogens is 1. The van der Waals surface area contributed by atoms with Gasteiger partial charge < -0.3 is 16.4 Å². The number of thiophene rings is 1. The molecule has 1 saturated carbocycles. The molecule has 0 saturated heterocycles. The monoisotopic (exact) mass is 462 g/mol. The third-order valence-corrected chi connectivity index (χ3v) is 6.46. The van der Waals surface area contributed by atoms with Gasteiger partial charge in [0.05, 0.1) is 15.1 Å². The Bertz CT molecular complexity index is 1280. The Balaban J connectivity index is 1.54. The van der Waals surface area contributed by atoms with E-state index in [9.17, 15) is 14.0 Å². The number of hydrogen-bond donors (Lipinski definition) is 3. The summed E-state index contributed by atoms with van der Waals surface area (Å²) in [6.45, 7) is 3.58. The number of nitrogens with one attached hydrogen (secondary N) is 2. The molecule has 1 fully saturated rings. The number of hydrogen-bond acceptors (Lipinski definition) is 5. The Kier molecular flexibility index (Phi) is 6.65. The lowest BCUT2D eigenvalue weighted by atomic mass is 10.0. The van der Waals surface area contributed by atoms with E-state index in [1.807, 2.05) is 12.1 Å². The number of benzene rings is 1. The first-order valence-corrected chi connectivity index (χ1v) is 11.3. The van der Waals surface area contributed by atoms with Crippen LogP contribution in [-0.4, -0.2) is 23.3 Å². The van der Waals surface area contributed by atoms with Crippen LogP contribution in [-0.2, 0) is 11.2 Å². The van der Waals surface area contributed by atoms with E-state index in [1.54, 1.807) is 30.5 Å². The molecule has 2 amide bonds. The van der Waals surface area contributed by atoms with Gasteiger partial charge in [0.25, 0.3) is 0 Å². The van der Waals surface area contributed by atoms with Gasteiger partial charge in [-0.05, 0) is 60.4 Å². The molecule has 0 unspecified atom stereocenters. The molecule has 1 aliphatic carbocycles. The van der Waals surface area contributed by atoms with Crippen LogP contribution in [0.1, 0.15) is 28.8 Å². The van der Waals surface area contributed by atoms with Gasteiger partial charge in [0.1, 0.15) is 12.1 Å². The molecule has 2 heterocycles. The lowest BCUT2D eigenvalue weighted by Gasteiger charge is -2.09. The fourth-order valence-corrected chi connectivity index (χ4v) is 4.31. The number of aromatic nitrogens is 1. The predicted molar refractivity (Wildman–Crippen MR) is 131 cm³/mol. The zero-order valence-electron chi connectivity index (χ0n) is 17.8. The van der Waals surface area contributed by atoms with Crippen LogP contribution in [0.25, 0.3) is 15.9 Å². The Morgan fingerprint density at radius 3 is 2.76 bits per heavy atom. The minimum atomic E-state index is -0.392. The van der Waals surface area contributed by atoms with Crippen LogP contribution in [0, 0.1) is 5.82 Å². The maximum Gasteiger partial charge on any atom is 0.319 e. The van der Waals surface area contributed by atoms with E-state index in [1.165, 1.54) is 23.5 Å². The van der Waals surface area contributed by atoms with Crippen LogP contribution >= 0.6 is 11.3 Å². The molecule has 8 heteroatoms. The van der Waals surface area contributed by atoms with Crippen molar-refractivity contribution < 1.29 is 14.0 Å². The van der Waals surface area contributed by atoms with Crippen molar-refractivity contribution in [2.24, 2.45) is 5.73 Å². The van der Waals surface area contributed by atoms with Crippen molar-refractivity contribution in [1.82, 2.24) is 10.3 Å². The molecule has 168 valence electrons. The van der Waals surface area contributed by atoms with E-state index < -0.39 is 5.82 Å². The second-order valence-corrected chi connectivity index (χ2v) is 8.81. The van der Waals surface area contributed by atoms with Crippen LogP contribution < -0.4 is 16.4 Å². The fraction of sp³-hybridized carbons (Fsp3) is 0.160. The first-order valence-electron chi connectivity index (χ1n) is 10.5. The van der Waals surface area contributed by atoms with Gasteiger partial charge in [-0.3, -0.25) is 9.78 Å². The molecule has 1 aromatic carbocycles. The van der Waals surface area contributed by atoms with Crippen LogP contribution in [0.2, 0.25) is 0 Å². The summed E-state index contributed by atoms with van der Waals surface area (Å²) in [5.74, 6) is -0.392. The van der Waals surface area contributed by atoms with E-state index in [-0.39, 0.29) is 12.1 Å². The maximum absolute atomic E-state index is 14.8. The predicted octanol–water partition coefficient (Wildman–Crippen LogP) is 4.92. The number of nitrogens with two attached hydrogens (primary N) is 1. The number of carbonyl (C=O) groups is 2. The highest BCUT2D eigenvalue weighted by molar-refractivity contribution is 7.20. The van der Waals surface area contributed by atoms with Gasteiger partial charge in [-0.1, -0.05) is 18.7 Å². The molecule has 1 aliphatic rings. The number of anilines is 1. The standard InChI is InChI=1S/C25H23FN4O2S/c1-2-15(14-31)3-8-21(27)23-13-22-24(33-23)17(9-10-28-22)11-16-4-5-19(12-20(16)26)30-25(32)29-18-6-7-18/h2-5,8-10,12-14,18H,1,6-7,11,27H2,(H2,29,30,32)/b15-3+,21-8-. The highest BCUT2D eigenvalue weighted by Crippen LogP contribution is 2.32. The highest BCUT2D eigenvalue weighted by Gasteiger charge is 2.23. The summed E-state index contributed by atoms with van der Waals surface area (Å²) < 4.78 is 15.7. The quantitative estimate of drug-likeness (QED) is 0.251. The molecule has 33 heavy (non-hydrogen) atoms. The molecule has 0 bridgehead atoms. The topological polar surface area (TPSA) is 97.1 Å². The summed E-state index contributed by atoms with van der Waals surface area (Å²) in [6, 6.07) is 8.35. The zero-order chi connectivity index (χ0) is 23.4. The minimum absolute atomic E-state index is 0.230. The molecule has 4 rings (SSSR count). The van der Waals surface area contributed by atoms with Crippen molar-refractivity contribution >= 4 is 45.3 Å². The maximum atomic E-state index is 14.8. The average Bonchev–Trinajstić information content (AvgIpc) is 3.49. The summed E-state index contributed by atoms with van der Waals surface area (Å²) >= 11 is 1.46. The number of aldehydes is 1. The molecule has 0 radical (unpaired) electrons. The molecule has 0 atom stereocenters. The number of amides is 2. The van der Waals surface area contributed by atoms with E-state index in [0.717, 1.165) is 33.5 Å². The van der Waals surface area contributed by atoms with Gasteiger partial charge in [0.2, 0.25) is 0 Å². The summed E-state index contributed by atoms with van der Waals surface area (Å²) in [4.78, 5) is 28.0. The Labute approximate surface area is 194 Å². The van der Waals surface area contributed by atoms with E-state index in [4.69, 9.17) is 5.73 Å². The van der Waals surface area contributed by atoms with Gasteiger partial charge in [-0.2, -0.15) is 0 Å². The first kappa shape index (κ1) is 22.4. The van der Waals surface area contributed by atoms with E-state index in [2.05, 4.69) is 22.2 Å². The lowest BCUT2D eigenvalue weighted by Crippen LogP contribution is -2.30. The van der Waals surface area contributed by atoms with Crippen molar-refractivity contribution in [3.63, 3.8) is 0 Å². The Hall–Kier alpha value is -3.78. The number of rotatable bonds is 8. The molecule has 2 aromatic heterocycles. The normalized spacial score (nSPS) is 14.2. The summed E-state index contributed by atoms with van der Waals surface area (Å²) in [5.41, 5.74) is 9.72. The second-order valence-electron chi connectivity index (χ2n) is 7.76. The zero-order valence-corrected chi connectivity index (χ0v) is 18.6. The van der Waals surface area contributed by atoms with Crippen molar-refractivity contribution in [3.8, 4) is 0 Å². The Morgan fingerprint density at radius 1 is 1.24 bits per heavy atom. The molecular formula is C25H23FN4O2S. The van der Waals surface area contributed by atoms with Gasteiger partial charge in [0, 0.05) is 35.6 Å². The lowest BCUT2D eigenvalue weighted by molar-refractivity contribution is -0.104. The van der Waals surface area contributed by atoms with Crippen molar-refractivity contribution in [3.05, 3.63) is 88.7 Å². The van der Waals surface area contributed by atoms with Gasteiger partial charge in [0.15, 0.2) is 0 Å². The van der Waals surface area contributed by atoms with Crippen LogP contribution in [0.3, 0.4) is 0 Å². The number of allylic oxidation sites excluding steroid dienone is 4. The highest BCUT2D eigenvalue weighted by atomic mass is 32.1. The molecule has 3 aromatic rings. The number of fused-ring (bicyclic) bond motifs is 1. The SMILES string of the molecule is C=C/C(C=O)=C\C=C(/N)c1cc2nccc(Cc3ccc(NC(=O)NC4CC4)cc3F)c2s1.